The number of rotatable bonds is 6. The van der Waals surface area contributed by atoms with Gasteiger partial charge in [0.2, 0.25) is 10.0 Å². The van der Waals surface area contributed by atoms with Crippen LogP contribution in [0.1, 0.15) is 32.1 Å². The summed E-state index contributed by atoms with van der Waals surface area (Å²) in [4.78, 5) is -0.187. The third-order valence-electron chi connectivity index (χ3n) is 4.04. The van der Waals surface area contributed by atoms with Crippen LogP contribution >= 0.6 is 0 Å². The minimum Gasteiger partial charge on any atom is -0.406 e. The van der Waals surface area contributed by atoms with Gasteiger partial charge < -0.3 is 9.84 Å². The molecular weight excluding hydrogens is 347 g/mol. The molecule has 0 saturated heterocycles. The molecule has 2 N–H and O–H groups in total. The third-order valence-corrected chi connectivity index (χ3v) is 5.48. The molecule has 0 bridgehead atoms. The van der Waals surface area contributed by atoms with Crippen molar-refractivity contribution in [1.82, 2.24) is 4.72 Å². The number of ether oxygens (including phenoxy) is 1. The molecule has 24 heavy (non-hydrogen) atoms. The van der Waals surface area contributed by atoms with E-state index in [2.05, 4.69) is 9.46 Å². The fraction of sp³-hybridized carbons (Fsp3) is 0.600. The molecular formula is C15H20F3NO4S. The Bertz CT molecular complexity index is 625. The summed E-state index contributed by atoms with van der Waals surface area (Å²) in [5.74, 6) is -0.423. The highest BCUT2D eigenvalue weighted by Gasteiger charge is 2.31. The first-order chi connectivity index (χ1) is 11.2. The third kappa shape index (κ3) is 5.64. The average Bonchev–Trinajstić information content (AvgIpc) is 2.52. The van der Waals surface area contributed by atoms with E-state index in [0.29, 0.717) is 0 Å². The minimum atomic E-state index is -4.83. The first kappa shape index (κ1) is 19.0. The summed E-state index contributed by atoms with van der Waals surface area (Å²) >= 11 is 0. The van der Waals surface area contributed by atoms with Crippen molar-refractivity contribution in [2.24, 2.45) is 5.92 Å². The van der Waals surface area contributed by atoms with E-state index in [4.69, 9.17) is 0 Å². The van der Waals surface area contributed by atoms with Crippen LogP contribution in [0.4, 0.5) is 13.2 Å². The number of hydrogen-bond acceptors (Lipinski definition) is 4. The lowest BCUT2D eigenvalue weighted by Crippen LogP contribution is -2.37. The van der Waals surface area contributed by atoms with E-state index in [1.54, 1.807) is 0 Å². The van der Waals surface area contributed by atoms with Crippen molar-refractivity contribution in [1.29, 1.82) is 0 Å². The highest BCUT2D eigenvalue weighted by atomic mass is 32.2. The standard InChI is InChI=1S/C15H20F3NO4S/c16-15(17,18)23-12-6-8-13(9-7-12)24(21,22)19-10-14(20)11-4-2-1-3-5-11/h6-9,11,14,19-20H,1-5,10H2. The van der Waals surface area contributed by atoms with Gasteiger partial charge in [0.25, 0.3) is 0 Å². The number of halogens is 3. The van der Waals surface area contributed by atoms with Gasteiger partial charge in [0.15, 0.2) is 0 Å². The van der Waals surface area contributed by atoms with Crippen LogP contribution in [0.15, 0.2) is 29.2 Å². The highest BCUT2D eigenvalue weighted by molar-refractivity contribution is 7.89. The second-order valence-electron chi connectivity index (χ2n) is 5.84. The molecule has 9 heteroatoms. The van der Waals surface area contributed by atoms with Crippen molar-refractivity contribution in [3.63, 3.8) is 0 Å². The summed E-state index contributed by atoms with van der Waals surface area (Å²) in [5, 5.41) is 10.1. The maximum Gasteiger partial charge on any atom is 0.573 e. The molecule has 136 valence electrons. The number of aliphatic hydroxyl groups excluding tert-OH is 1. The molecule has 0 radical (unpaired) electrons. The van der Waals surface area contributed by atoms with Gasteiger partial charge in [0, 0.05) is 6.54 Å². The largest absolute Gasteiger partial charge is 0.573 e. The molecule has 1 aromatic carbocycles. The van der Waals surface area contributed by atoms with Gasteiger partial charge >= 0.3 is 6.36 Å². The Morgan fingerprint density at radius 1 is 1.17 bits per heavy atom. The Hall–Kier alpha value is -1.32. The second kappa shape index (κ2) is 7.71. The van der Waals surface area contributed by atoms with Crippen molar-refractivity contribution in [3.8, 4) is 5.75 Å². The Balaban J connectivity index is 1.94. The van der Waals surface area contributed by atoms with E-state index in [-0.39, 0.29) is 17.4 Å². The van der Waals surface area contributed by atoms with E-state index in [9.17, 15) is 26.7 Å². The summed E-state index contributed by atoms with van der Waals surface area (Å²) in [6.07, 6.45) is -0.694. The topological polar surface area (TPSA) is 75.6 Å². The van der Waals surface area contributed by atoms with Gasteiger partial charge in [-0.2, -0.15) is 0 Å². The number of alkyl halides is 3. The first-order valence-corrected chi connectivity index (χ1v) is 9.19. The molecule has 5 nitrogen and oxygen atoms in total. The van der Waals surface area contributed by atoms with Crippen LogP contribution in [0.25, 0.3) is 0 Å². The zero-order valence-corrected chi connectivity index (χ0v) is 13.7. The van der Waals surface area contributed by atoms with Crippen LogP contribution in [0.2, 0.25) is 0 Å². The Morgan fingerprint density at radius 2 is 1.75 bits per heavy atom. The molecule has 0 spiro atoms. The molecule has 1 fully saturated rings. The summed E-state index contributed by atoms with van der Waals surface area (Å²) < 4.78 is 66.5. The smallest absolute Gasteiger partial charge is 0.406 e. The highest BCUT2D eigenvalue weighted by Crippen LogP contribution is 2.27. The quantitative estimate of drug-likeness (QED) is 0.811. The normalized spacial score (nSPS) is 18.3. The van der Waals surface area contributed by atoms with Crippen LogP contribution in [0.3, 0.4) is 0 Å². The summed E-state index contributed by atoms with van der Waals surface area (Å²) in [6, 6.07) is 3.91. The van der Waals surface area contributed by atoms with Crippen molar-refractivity contribution in [2.75, 3.05) is 6.54 Å². The zero-order valence-electron chi connectivity index (χ0n) is 12.9. The van der Waals surface area contributed by atoms with E-state index in [1.165, 1.54) is 0 Å². The molecule has 1 aromatic rings. The summed E-state index contributed by atoms with van der Waals surface area (Å²) in [6.45, 7) is -0.117. The van der Waals surface area contributed by atoms with Crippen molar-refractivity contribution in [2.45, 2.75) is 49.5 Å². The number of nitrogens with one attached hydrogen (secondary N) is 1. The number of aliphatic hydroxyl groups is 1. The van der Waals surface area contributed by atoms with Gasteiger partial charge in [-0.15, -0.1) is 13.2 Å². The van der Waals surface area contributed by atoms with Gasteiger partial charge in [-0.3, -0.25) is 0 Å². The van der Waals surface area contributed by atoms with Crippen molar-refractivity contribution < 1.29 is 31.4 Å². The lowest BCUT2D eigenvalue weighted by molar-refractivity contribution is -0.274. The number of benzene rings is 1. The Labute approximate surface area is 138 Å². The summed E-state index contributed by atoms with van der Waals surface area (Å²) in [7, 11) is -3.90. The van der Waals surface area contributed by atoms with Crippen LogP contribution in [-0.4, -0.2) is 32.5 Å². The number of hydrogen-bond donors (Lipinski definition) is 2. The van der Waals surface area contributed by atoms with Gasteiger partial charge in [-0.1, -0.05) is 19.3 Å². The summed E-state index contributed by atoms with van der Waals surface area (Å²) in [5.41, 5.74) is 0. The van der Waals surface area contributed by atoms with E-state index < -0.39 is 28.2 Å². The predicted octanol–water partition coefficient (Wildman–Crippen LogP) is 2.80. The molecule has 1 aliphatic rings. The average molecular weight is 367 g/mol. The van der Waals surface area contributed by atoms with Crippen molar-refractivity contribution >= 4 is 10.0 Å². The van der Waals surface area contributed by atoms with E-state index >= 15 is 0 Å². The van der Waals surface area contributed by atoms with Gasteiger partial charge in [0.1, 0.15) is 5.75 Å². The molecule has 0 aliphatic heterocycles. The van der Waals surface area contributed by atoms with E-state index in [0.717, 1.165) is 56.4 Å². The molecule has 0 amide bonds. The monoisotopic (exact) mass is 367 g/mol. The zero-order chi connectivity index (χ0) is 17.8. The molecule has 1 atom stereocenters. The fourth-order valence-electron chi connectivity index (χ4n) is 2.78. The van der Waals surface area contributed by atoms with Gasteiger partial charge in [0.05, 0.1) is 11.0 Å². The maximum absolute atomic E-state index is 12.1. The lowest BCUT2D eigenvalue weighted by atomic mass is 9.85. The van der Waals surface area contributed by atoms with E-state index in [1.807, 2.05) is 0 Å². The SMILES string of the molecule is O=S(=O)(NCC(O)C1CCCCC1)c1ccc(OC(F)(F)F)cc1. The van der Waals surface area contributed by atoms with Crippen LogP contribution in [0.5, 0.6) is 5.75 Å². The Morgan fingerprint density at radius 3 is 2.29 bits per heavy atom. The maximum atomic E-state index is 12.1. The predicted molar refractivity (Wildman–Crippen MR) is 80.9 cm³/mol. The lowest BCUT2D eigenvalue weighted by Gasteiger charge is -2.26. The van der Waals surface area contributed by atoms with Crippen LogP contribution in [0, 0.1) is 5.92 Å². The van der Waals surface area contributed by atoms with Crippen LogP contribution in [-0.2, 0) is 10.0 Å². The number of sulfonamides is 1. The van der Waals surface area contributed by atoms with Gasteiger partial charge in [-0.25, -0.2) is 13.1 Å². The van der Waals surface area contributed by atoms with Gasteiger partial charge in [-0.05, 0) is 43.0 Å². The first-order valence-electron chi connectivity index (χ1n) is 7.71. The molecule has 0 aromatic heterocycles. The minimum absolute atomic E-state index is 0.0732. The van der Waals surface area contributed by atoms with Crippen molar-refractivity contribution in [3.05, 3.63) is 24.3 Å². The molecule has 1 aliphatic carbocycles. The van der Waals surface area contributed by atoms with Crippen LogP contribution < -0.4 is 9.46 Å². The molecule has 0 heterocycles. The fourth-order valence-corrected chi connectivity index (χ4v) is 3.84. The molecule has 2 rings (SSSR count). The Kier molecular flexibility index (Phi) is 6.11. The molecule has 1 saturated carbocycles. The molecule has 1 unspecified atom stereocenters. The second-order valence-corrected chi connectivity index (χ2v) is 7.60.